The maximum atomic E-state index is 4.54. The van der Waals surface area contributed by atoms with Crippen molar-refractivity contribution in [3.05, 3.63) is 15.6 Å². The monoisotopic (exact) mass is 198 g/mol. The Morgan fingerprint density at radius 1 is 1.15 bits per heavy atom. The fourth-order valence-corrected chi connectivity index (χ4v) is 3.75. The fraction of sp³-hybridized carbons (Fsp3) is 0.727. The first-order chi connectivity index (χ1) is 6.16. The highest BCUT2D eigenvalue weighted by Crippen LogP contribution is 2.32. The third-order valence-corrected chi connectivity index (χ3v) is 5.05. The van der Waals surface area contributed by atoms with Gasteiger partial charge in [-0.3, -0.25) is 0 Å². The van der Waals surface area contributed by atoms with E-state index in [1.54, 1.807) is 0 Å². The van der Waals surface area contributed by atoms with Crippen LogP contribution in [0.2, 0.25) is 0 Å². The first kappa shape index (κ1) is 10.7. The lowest BCUT2D eigenvalue weighted by Gasteiger charge is -1.92. The molecule has 1 unspecified atom stereocenters. The quantitative estimate of drug-likeness (QED) is 0.527. The van der Waals surface area contributed by atoms with Gasteiger partial charge in [-0.2, -0.15) is 0 Å². The van der Waals surface area contributed by atoms with Crippen molar-refractivity contribution in [3.63, 3.8) is 0 Å². The van der Waals surface area contributed by atoms with Crippen LogP contribution in [0.5, 0.6) is 0 Å². The van der Waals surface area contributed by atoms with Gasteiger partial charge in [-0.05, 0) is 19.8 Å². The molecule has 1 heterocycles. The minimum absolute atomic E-state index is 0.381. The topological polar surface area (TPSA) is 12.9 Å². The molecule has 1 rings (SSSR count). The van der Waals surface area contributed by atoms with Crippen LogP contribution in [0.15, 0.2) is 0 Å². The highest BCUT2D eigenvalue weighted by molar-refractivity contribution is 7.30. The van der Waals surface area contributed by atoms with Crippen LogP contribution in [0.25, 0.3) is 0 Å². The first-order valence-corrected chi connectivity index (χ1v) is 6.50. The van der Waals surface area contributed by atoms with Crippen LogP contribution in [0.1, 0.15) is 41.8 Å². The van der Waals surface area contributed by atoms with Crippen molar-refractivity contribution >= 4 is 10.5 Å². The number of aromatic nitrogens is 1. The molecular weight excluding hydrogens is 178 g/mol. The molecule has 0 saturated heterocycles. The number of rotatable bonds is 4. The summed E-state index contributed by atoms with van der Waals surface area (Å²) in [5.41, 5.74) is 1.26. The second kappa shape index (κ2) is 4.75. The summed E-state index contributed by atoms with van der Waals surface area (Å²) >= 11 is 0. The molecule has 0 fully saturated rings. The van der Waals surface area contributed by atoms with Crippen molar-refractivity contribution in [2.75, 3.05) is 0 Å². The summed E-state index contributed by atoms with van der Waals surface area (Å²) in [5.74, 6) is 1.33. The molecule has 2 heteroatoms. The molecule has 0 aliphatic heterocycles. The van der Waals surface area contributed by atoms with Gasteiger partial charge < -0.3 is 0 Å². The number of hydrogen-bond donors (Lipinski definition) is 0. The standard InChI is InChI=1S/C11H20NS/c1-5-6-7-8-13-10(3)9(2)12-11(13)4/h5-8H2,1-4H3/q+1. The minimum Gasteiger partial charge on any atom is -0.202 e. The lowest BCUT2D eigenvalue weighted by Crippen LogP contribution is -1.79. The van der Waals surface area contributed by atoms with Crippen LogP contribution in [-0.2, 0) is 5.75 Å². The van der Waals surface area contributed by atoms with Crippen molar-refractivity contribution in [3.8, 4) is 0 Å². The Morgan fingerprint density at radius 3 is 2.31 bits per heavy atom. The third-order valence-electron chi connectivity index (χ3n) is 2.51. The van der Waals surface area contributed by atoms with Gasteiger partial charge in [0, 0.05) is 24.3 Å². The average Bonchev–Trinajstić information content (AvgIpc) is 2.32. The van der Waals surface area contributed by atoms with E-state index in [1.165, 1.54) is 40.6 Å². The zero-order valence-corrected chi connectivity index (χ0v) is 10.0. The zero-order valence-electron chi connectivity index (χ0n) is 9.18. The Balaban J connectivity index is 2.64. The van der Waals surface area contributed by atoms with Crippen LogP contribution >= 0.6 is 10.5 Å². The van der Waals surface area contributed by atoms with Crippen LogP contribution < -0.4 is 0 Å². The first-order valence-electron chi connectivity index (χ1n) is 5.10. The maximum Gasteiger partial charge on any atom is 0.239 e. The van der Waals surface area contributed by atoms with Crippen molar-refractivity contribution < 1.29 is 0 Å². The second-order valence-corrected chi connectivity index (χ2v) is 5.97. The minimum atomic E-state index is 0.381. The maximum absolute atomic E-state index is 4.54. The van der Waals surface area contributed by atoms with Crippen molar-refractivity contribution in [1.82, 2.24) is 4.98 Å². The fourth-order valence-electron chi connectivity index (χ4n) is 1.57. The number of hydrogen-bond acceptors (Lipinski definition) is 1. The van der Waals surface area contributed by atoms with E-state index in [9.17, 15) is 0 Å². The van der Waals surface area contributed by atoms with Gasteiger partial charge >= 0.3 is 0 Å². The Hall–Kier alpha value is -0.370. The molecule has 13 heavy (non-hydrogen) atoms. The predicted molar refractivity (Wildman–Crippen MR) is 60.5 cm³/mol. The van der Waals surface area contributed by atoms with Crippen LogP contribution in [0.3, 0.4) is 0 Å². The van der Waals surface area contributed by atoms with Gasteiger partial charge in [0.2, 0.25) is 5.01 Å². The molecule has 0 saturated carbocycles. The summed E-state index contributed by atoms with van der Waals surface area (Å²) in [5, 5.41) is 1.35. The summed E-state index contributed by atoms with van der Waals surface area (Å²) in [4.78, 5) is 6.06. The van der Waals surface area contributed by atoms with E-state index in [4.69, 9.17) is 0 Å². The Kier molecular flexibility index (Phi) is 3.91. The predicted octanol–water partition coefficient (Wildman–Crippen LogP) is 3.95. The van der Waals surface area contributed by atoms with Gasteiger partial charge in [-0.1, -0.05) is 13.3 Å². The molecule has 0 aromatic carbocycles. The highest BCUT2D eigenvalue weighted by atomic mass is 32.2. The zero-order chi connectivity index (χ0) is 9.84. The average molecular weight is 198 g/mol. The van der Waals surface area contributed by atoms with Crippen LogP contribution in [-0.4, -0.2) is 4.98 Å². The summed E-state index contributed by atoms with van der Waals surface area (Å²) < 4.78 is 0. The summed E-state index contributed by atoms with van der Waals surface area (Å²) in [6, 6.07) is 0. The van der Waals surface area contributed by atoms with E-state index in [2.05, 4.69) is 32.7 Å². The molecule has 0 N–H and O–H groups in total. The number of aryl methyl sites for hydroxylation is 2. The number of thiazole rings is 1. The lowest BCUT2D eigenvalue weighted by atomic mass is 10.3. The smallest absolute Gasteiger partial charge is 0.202 e. The molecule has 1 atom stereocenters. The Morgan fingerprint density at radius 2 is 1.85 bits per heavy atom. The molecule has 0 radical (unpaired) electrons. The summed E-state index contributed by atoms with van der Waals surface area (Å²) in [6.07, 6.45) is 4.04. The Labute approximate surface area is 84.2 Å². The SMILES string of the molecule is CCCCC[s+]1c(C)nc(C)c1C. The van der Waals surface area contributed by atoms with Gasteiger partial charge in [0.1, 0.15) is 5.75 Å². The third kappa shape index (κ3) is 2.53. The molecule has 0 aliphatic rings. The van der Waals surface area contributed by atoms with E-state index in [1.807, 2.05) is 0 Å². The molecule has 1 aromatic heterocycles. The highest BCUT2D eigenvalue weighted by Gasteiger charge is 2.18. The summed E-state index contributed by atoms with van der Waals surface area (Å²) in [6.45, 7) is 8.80. The van der Waals surface area contributed by atoms with E-state index in [0.29, 0.717) is 10.5 Å². The van der Waals surface area contributed by atoms with E-state index >= 15 is 0 Å². The van der Waals surface area contributed by atoms with E-state index in [-0.39, 0.29) is 0 Å². The molecular formula is C11H20NS+. The van der Waals surface area contributed by atoms with Crippen molar-refractivity contribution in [2.24, 2.45) is 0 Å². The van der Waals surface area contributed by atoms with E-state index < -0.39 is 0 Å². The molecule has 0 spiro atoms. The lowest BCUT2D eigenvalue weighted by molar-refractivity contribution is 0.752. The molecule has 1 nitrogen and oxygen atoms in total. The molecule has 74 valence electrons. The summed E-state index contributed by atoms with van der Waals surface area (Å²) in [7, 11) is 0.381. The second-order valence-electron chi connectivity index (χ2n) is 3.57. The number of nitrogens with zero attached hydrogens (tertiary/aromatic N) is 1. The van der Waals surface area contributed by atoms with Crippen molar-refractivity contribution in [1.29, 1.82) is 0 Å². The van der Waals surface area contributed by atoms with Gasteiger partial charge in [0.25, 0.3) is 0 Å². The van der Waals surface area contributed by atoms with Gasteiger partial charge in [-0.15, -0.1) is 0 Å². The largest absolute Gasteiger partial charge is 0.239 e. The number of unbranched alkanes of at least 4 members (excludes halogenated alkanes) is 2. The van der Waals surface area contributed by atoms with Crippen LogP contribution in [0, 0.1) is 20.8 Å². The molecule has 0 amide bonds. The molecule has 0 bridgehead atoms. The molecule has 1 aromatic rings. The normalized spacial score (nSPS) is 12.2. The van der Waals surface area contributed by atoms with E-state index in [0.717, 1.165) is 0 Å². The van der Waals surface area contributed by atoms with Gasteiger partial charge in [0.05, 0.1) is 5.69 Å². The molecule has 0 aliphatic carbocycles. The van der Waals surface area contributed by atoms with Gasteiger partial charge in [0.15, 0.2) is 4.88 Å². The van der Waals surface area contributed by atoms with Crippen molar-refractivity contribution in [2.45, 2.75) is 52.7 Å². The van der Waals surface area contributed by atoms with Crippen LogP contribution in [0.4, 0.5) is 0 Å². The Bertz CT molecular complexity index is 276. The van der Waals surface area contributed by atoms with Gasteiger partial charge in [-0.25, -0.2) is 4.98 Å².